The molecule has 5 rings (SSSR count). The first kappa shape index (κ1) is 20.4. The number of fused-ring (bicyclic) bond motifs is 1. The minimum Gasteiger partial charge on any atom is -0.378 e. The van der Waals surface area contributed by atoms with E-state index in [1.807, 2.05) is 6.07 Å². The van der Waals surface area contributed by atoms with Crippen LogP contribution in [-0.2, 0) is 16.1 Å². The van der Waals surface area contributed by atoms with Gasteiger partial charge in [-0.15, -0.1) is 5.10 Å². The maximum absolute atomic E-state index is 12.8. The normalized spacial score (nSPS) is 17.1. The Bertz CT molecular complexity index is 1170. The Morgan fingerprint density at radius 1 is 1.00 bits per heavy atom. The number of para-hydroxylation sites is 1. The molecule has 0 radical (unpaired) electrons. The molecule has 0 bridgehead atoms. The fraction of sp³-hybridized carbons (Fsp3) is 0.409. The highest BCUT2D eigenvalue weighted by Crippen LogP contribution is 2.21. The SMILES string of the molecule is O=C(Cn1cnc2ccccc2c1=O)N1CCN(c2cc(N3CCOCC3)cnn2)CC1. The van der Waals surface area contributed by atoms with E-state index >= 15 is 0 Å². The predicted octanol–water partition coefficient (Wildman–Crippen LogP) is 0.372. The van der Waals surface area contributed by atoms with E-state index in [-0.39, 0.29) is 18.0 Å². The van der Waals surface area contributed by atoms with Crippen molar-refractivity contribution >= 4 is 28.3 Å². The van der Waals surface area contributed by atoms with E-state index in [9.17, 15) is 9.59 Å². The highest BCUT2D eigenvalue weighted by atomic mass is 16.5. The Morgan fingerprint density at radius 3 is 2.59 bits per heavy atom. The summed E-state index contributed by atoms with van der Waals surface area (Å²) in [5.41, 5.74) is 1.48. The number of piperazine rings is 1. The molecule has 166 valence electrons. The summed E-state index contributed by atoms with van der Waals surface area (Å²) in [6.07, 6.45) is 3.23. The number of hydrogen-bond acceptors (Lipinski definition) is 8. The van der Waals surface area contributed by atoms with Gasteiger partial charge >= 0.3 is 0 Å². The first-order valence-corrected chi connectivity index (χ1v) is 10.8. The van der Waals surface area contributed by atoms with Crippen LogP contribution in [-0.4, -0.2) is 83.0 Å². The van der Waals surface area contributed by atoms with E-state index in [1.165, 1.54) is 10.9 Å². The molecule has 3 aromatic rings. The van der Waals surface area contributed by atoms with Crippen molar-refractivity contribution in [3.63, 3.8) is 0 Å². The van der Waals surface area contributed by atoms with Crippen LogP contribution >= 0.6 is 0 Å². The summed E-state index contributed by atoms with van der Waals surface area (Å²) in [7, 11) is 0. The predicted molar refractivity (Wildman–Crippen MR) is 120 cm³/mol. The summed E-state index contributed by atoms with van der Waals surface area (Å²) in [4.78, 5) is 36.0. The molecule has 10 nitrogen and oxygen atoms in total. The highest BCUT2D eigenvalue weighted by molar-refractivity contribution is 5.79. The van der Waals surface area contributed by atoms with Gasteiger partial charge in [0, 0.05) is 45.3 Å². The van der Waals surface area contributed by atoms with E-state index < -0.39 is 0 Å². The van der Waals surface area contributed by atoms with Crippen LogP contribution in [0, 0.1) is 0 Å². The Morgan fingerprint density at radius 2 is 1.78 bits per heavy atom. The molecule has 4 heterocycles. The Kier molecular flexibility index (Phi) is 5.68. The van der Waals surface area contributed by atoms with E-state index in [0.29, 0.717) is 50.3 Å². The molecule has 0 saturated carbocycles. The first-order chi connectivity index (χ1) is 15.7. The molecule has 0 N–H and O–H groups in total. The molecule has 1 amide bonds. The number of morpholine rings is 1. The lowest BCUT2D eigenvalue weighted by Gasteiger charge is -2.36. The smallest absolute Gasteiger partial charge is 0.261 e. The number of aromatic nitrogens is 4. The largest absolute Gasteiger partial charge is 0.378 e. The zero-order chi connectivity index (χ0) is 21.9. The van der Waals surface area contributed by atoms with E-state index in [1.54, 1.807) is 29.3 Å². The summed E-state index contributed by atoms with van der Waals surface area (Å²) in [6, 6.07) is 9.21. The number of carbonyl (C=O) groups is 1. The third-order valence-corrected chi connectivity index (χ3v) is 6.00. The Labute approximate surface area is 185 Å². The van der Waals surface area contributed by atoms with Gasteiger partial charge in [0.2, 0.25) is 5.91 Å². The minimum atomic E-state index is -0.196. The minimum absolute atomic E-state index is 0.0109. The zero-order valence-corrected chi connectivity index (χ0v) is 17.8. The second-order valence-corrected chi connectivity index (χ2v) is 7.93. The molecule has 0 spiro atoms. The van der Waals surface area contributed by atoms with Gasteiger partial charge in [-0.3, -0.25) is 14.2 Å². The molecule has 32 heavy (non-hydrogen) atoms. The second-order valence-electron chi connectivity index (χ2n) is 7.93. The maximum atomic E-state index is 12.8. The van der Waals surface area contributed by atoms with E-state index in [4.69, 9.17) is 4.74 Å². The average Bonchev–Trinajstić information content (AvgIpc) is 2.86. The van der Waals surface area contributed by atoms with Gasteiger partial charge in [0.15, 0.2) is 5.82 Å². The molecule has 2 fully saturated rings. The summed E-state index contributed by atoms with van der Waals surface area (Å²) >= 11 is 0. The van der Waals surface area contributed by atoms with Crippen LogP contribution in [0.1, 0.15) is 0 Å². The second kappa shape index (κ2) is 8.91. The summed E-state index contributed by atoms with van der Waals surface area (Å²) in [6.45, 7) is 5.57. The molecule has 2 saturated heterocycles. The van der Waals surface area contributed by atoms with Crippen molar-refractivity contribution < 1.29 is 9.53 Å². The first-order valence-electron chi connectivity index (χ1n) is 10.8. The van der Waals surface area contributed by atoms with Crippen molar-refractivity contribution in [2.24, 2.45) is 0 Å². The summed E-state index contributed by atoms with van der Waals surface area (Å²) in [5.74, 6) is 0.730. The van der Waals surface area contributed by atoms with Crippen molar-refractivity contribution in [2.75, 3.05) is 62.3 Å². The molecule has 0 aliphatic carbocycles. The molecule has 1 aromatic carbocycles. The average molecular weight is 435 g/mol. The maximum Gasteiger partial charge on any atom is 0.261 e. The van der Waals surface area contributed by atoms with Crippen LogP contribution < -0.4 is 15.4 Å². The third-order valence-electron chi connectivity index (χ3n) is 6.00. The van der Waals surface area contributed by atoms with Crippen molar-refractivity contribution in [2.45, 2.75) is 6.54 Å². The lowest BCUT2D eigenvalue weighted by atomic mass is 10.2. The number of amides is 1. The van der Waals surface area contributed by atoms with Gasteiger partial charge in [-0.1, -0.05) is 12.1 Å². The van der Waals surface area contributed by atoms with Crippen LogP contribution in [0.4, 0.5) is 11.5 Å². The molecule has 2 aliphatic heterocycles. The number of anilines is 2. The number of carbonyl (C=O) groups excluding carboxylic acids is 1. The van der Waals surface area contributed by atoms with E-state index in [0.717, 1.165) is 24.6 Å². The highest BCUT2D eigenvalue weighted by Gasteiger charge is 2.23. The lowest BCUT2D eigenvalue weighted by molar-refractivity contribution is -0.132. The molecular weight excluding hydrogens is 410 g/mol. The van der Waals surface area contributed by atoms with Gasteiger partial charge in [-0.25, -0.2) is 4.98 Å². The fourth-order valence-electron chi connectivity index (χ4n) is 4.14. The number of nitrogens with zero attached hydrogens (tertiary/aromatic N) is 7. The van der Waals surface area contributed by atoms with Crippen LogP contribution in [0.3, 0.4) is 0 Å². The van der Waals surface area contributed by atoms with Crippen LogP contribution in [0.5, 0.6) is 0 Å². The topological polar surface area (TPSA) is 96.7 Å². The van der Waals surface area contributed by atoms with Crippen LogP contribution in [0.25, 0.3) is 10.9 Å². The monoisotopic (exact) mass is 435 g/mol. The molecule has 2 aromatic heterocycles. The molecule has 0 unspecified atom stereocenters. The molecular formula is C22H25N7O3. The number of benzene rings is 1. The van der Waals surface area contributed by atoms with Gasteiger partial charge < -0.3 is 19.4 Å². The summed E-state index contributed by atoms with van der Waals surface area (Å²) in [5, 5.41) is 9.00. The number of ether oxygens (including phenoxy) is 1. The van der Waals surface area contributed by atoms with Crippen molar-refractivity contribution in [1.29, 1.82) is 0 Å². The molecule has 10 heteroatoms. The van der Waals surface area contributed by atoms with Crippen LogP contribution in [0.2, 0.25) is 0 Å². The molecule has 2 aliphatic rings. The van der Waals surface area contributed by atoms with Gasteiger partial charge in [0.25, 0.3) is 5.56 Å². The summed E-state index contributed by atoms with van der Waals surface area (Å²) < 4.78 is 6.81. The van der Waals surface area contributed by atoms with Gasteiger partial charge in [-0.2, -0.15) is 5.10 Å². The Balaban J connectivity index is 1.22. The number of hydrogen-bond donors (Lipinski definition) is 0. The quantitative estimate of drug-likeness (QED) is 0.580. The van der Waals surface area contributed by atoms with Gasteiger partial charge in [-0.05, 0) is 12.1 Å². The van der Waals surface area contributed by atoms with Crippen LogP contribution in [0.15, 0.2) is 47.7 Å². The zero-order valence-electron chi connectivity index (χ0n) is 17.8. The van der Waals surface area contributed by atoms with Crippen molar-refractivity contribution in [3.05, 3.63) is 53.2 Å². The Hall–Kier alpha value is -3.53. The van der Waals surface area contributed by atoms with E-state index in [2.05, 4.69) is 31.0 Å². The van der Waals surface area contributed by atoms with Gasteiger partial charge in [0.05, 0.1) is 42.3 Å². The number of rotatable bonds is 4. The molecule has 0 atom stereocenters. The fourth-order valence-corrected chi connectivity index (χ4v) is 4.14. The third kappa shape index (κ3) is 4.13. The standard InChI is InChI=1S/C22H25N7O3/c30-21(15-29-16-23-19-4-2-1-3-18(19)22(29)31)28-7-5-27(6-8-28)20-13-17(14-24-25-20)26-9-11-32-12-10-26/h1-4,13-14,16H,5-12,15H2. The van der Waals surface area contributed by atoms with Crippen molar-refractivity contribution in [3.8, 4) is 0 Å². The van der Waals surface area contributed by atoms with Gasteiger partial charge in [0.1, 0.15) is 6.54 Å². The lowest BCUT2D eigenvalue weighted by Crippen LogP contribution is -2.50. The van der Waals surface area contributed by atoms with Crippen molar-refractivity contribution in [1.82, 2.24) is 24.6 Å².